The molecule has 0 bridgehead atoms. The number of hydrazone groups is 1. The number of phenols is 1. The Labute approximate surface area is 174 Å². The average molecular weight is 411 g/mol. The highest BCUT2D eigenvalue weighted by atomic mass is 35.5. The van der Waals surface area contributed by atoms with E-state index >= 15 is 0 Å². The second-order valence-corrected chi connectivity index (χ2v) is 8.18. The van der Waals surface area contributed by atoms with Crippen LogP contribution in [-0.2, 0) is 11.8 Å². The van der Waals surface area contributed by atoms with Crippen molar-refractivity contribution in [2.24, 2.45) is 5.10 Å². The lowest BCUT2D eigenvalue weighted by Gasteiger charge is -2.14. The van der Waals surface area contributed by atoms with Gasteiger partial charge in [0.15, 0.2) is 5.69 Å². The van der Waals surface area contributed by atoms with Gasteiger partial charge >= 0.3 is 0 Å². The number of nitrogens with one attached hydrogen (secondary N) is 2. The van der Waals surface area contributed by atoms with Gasteiger partial charge in [0.2, 0.25) is 0 Å². The molecule has 3 aromatic rings. The van der Waals surface area contributed by atoms with Crippen LogP contribution >= 0.6 is 11.6 Å². The number of aromatic hydroxyl groups is 1. The molecular weight excluding hydrogens is 388 g/mol. The van der Waals surface area contributed by atoms with E-state index in [1.54, 1.807) is 18.2 Å². The maximum atomic E-state index is 12.2. The SMILES string of the molecule is CC(C)(C)c1cc(C(=O)N/N=C\c2cc(Cc3ccccc3Cl)ccc2O)n[nH]1. The summed E-state index contributed by atoms with van der Waals surface area (Å²) in [5, 5.41) is 21.6. The fourth-order valence-electron chi connectivity index (χ4n) is 2.72. The molecule has 2 aromatic carbocycles. The van der Waals surface area contributed by atoms with Gasteiger partial charge in [0.05, 0.1) is 6.21 Å². The summed E-state index contributed by atoms with van der Waals surface area (Å²) in [6, 6.07) is 14.5. The number of nitrogens with zero attached hydrogens (tertiary/aromatic N) is 2. The number of hydrogen-bond acceptors (Lipinski definition) is 4. The van der Waals surface area contributed by atoms with Crippen molar-refractivity contribution in [1.82, 2.24) is 15.6 Å². The minimum atomic E-state index is -0.431. The maximum absolute atomic E-state index is 12.2. The van der Waals surface area contributed by atoms with E-state index in [0.717, 1.165) is 16.8 Å². The lowest BCUT2D eigenvalue weighted by Crippen LogP contribution is -2.18. The maximum Gasteiger partial charge on any atom is 0.291 e. The Hall–Kier alpha value is -3.12. The van der Waals surface area contributed by atoms with E-state index < -0.39 is 5.91 Å². The fraction of sp³-hybridized carbons (Fsp3) is 0.227. The van der Waals surface area contributed by atoms with Gasteiger partial charge in [0, 0.05) is 21.7 Å². The van der Waals surface area contributed by atoms with Crippen LogP contribution in [0.4, 0.5) is 0 Å². The van der Waals surface area contributed by atoms with Crippen LogP contribution in [-0.4, -0.2) is 27.4 Å². The molecule has 150 valence electrons. The third-order valence-electron chi connectivity index (χ3n) is 4.43. The smallest absolute Gasteiger partial charge is 0.291 e. The number of amides is 1. The molecule has 0 saturated heterocycles. The van der Waals surface area contributed by atoms with Gasteiger partial charge in [-0.25, -0.2) is 5.43 Å². The molecule has 0 fully saturated rings. The Morgan fingerprint density at radius 1 is 1.24 bits per heavy atom. The Morgan fingerprint density at radius 3 is 2.69 bits per heavy atom. The Bertz CT molecular complexity index is 1050. The first kappa shape index (κ1) is 20.6. The number of carbonyl (C=O) groups is 1. The monoisotopic (exact) mass is 410 g/mol. The summed E-state index contributed by atoms with van der Waals surface area (Å²) in [6.45, 7) is 6.08. The molecule has 0 aliphatic heterocycles. The van der Waals surface area contributed by atoms with Crippen LogP contribution in [0.5, 0.6) is 5.75 Å². The van der Waals surface area contributed by atoms with Crippen molar-refractivity contribution in [3.63, 3.8) is 0 Å². The first-order chi connectivity index (χ1) is 13.7. The van der Waals surface area contributed by atoms with Crippen LogP contribution in [0.1, 0.15) is 53.6 Å². The van der Waals surface area contributed by atoms with Crippen molar-refractivity contribution < 1.29 is 9.90 Å². The quantitative estimate of drug-likeness (QED) is 0.429. The normalized spacial score (nSPS) is 11.7. The molecular formula is C22H23ClN4O2. The van der Waals surface area contributed by atoms with E-state index in [-0.39, 0.29) is 16.9 Å². The van der Waals surface area contributed by atoms with Crippen LogP contribution in [0.2, 0.25) is 5.02 Å². The zero-order valence-electron chi connectivity index (χ0n) is 16.5. The van der Waals surface area contributed by atoms with Crippen LogP contribution in [0, 0.1) is 0 Å². The van der Waals surface area contributed by atoms with Gasteiger partial charge in [0.25, 0.3) is 5.91 Å². The molecule has 0 saturated carbocycles. The second-order valence-electron chi connectivity index (χ2n) is 7.78. The first-order valence-corrected chi connectivity index (χ1v) is 9.56. The number of phenolic OH excluding ortho intramolecular Hbond substituents is 1. The summed E-state index contributed by atoms with van der Waals surface area (Å²) in [5.41, 5.74) is 5.86. The van der Waals surface area contributed by atoms with E-state index in [1.165, 1.54) is 6.21 Å². The Morgan fingerprint density at radius 2 is 2.00 bits per heavy atom. The largest absolute Gasteiger partial charge is 0.507 e. The van der Waals surface area contributed by atoms with Gasteiger partial charge < -0.3 is 5.11 Å². The predicted molar refractivity (Wildman–Crippen MR) is 115 cm³/mol. The molecule has 0 atom stereocenters. The van der Waals surface area contributed by atoms with Crippen LogP contribution in [0.15, 0.2) is 53.6 Å². The van der Waals surface area contributed by atoms with Gasteiger partial charge in [0.1, 0.15) is 5.75 Å². The molecule has 1 aromatic heterocycles. The number of carbonyl (C=O) groups excluding carboxylic acids is 1. The molecule has 0 radical (unpaired) electrons. The molecule has 1 heterocycles. The molecule has 1 amide bonds. The van der Waals surface area contributed by atoms with E-state index in [0.29, 0.717) is 17.0 Å². The highest BCUT2D eigenvalue weighted by molar-refractivity contribution is 6.31. The Kier molecular flexibility index (Phi) is 6.03. The van der Waals surface area contributed by atoms with E-state index in [1.807, 2.05) is 51.1 Å². The lowest BCUT2D eigenvalue weighted by molar-refractivity contribution is 0.0950. The van der Waals surface area contributed by atoms with Crippen molar-refractivity contribution in [1.29, 1.82) is 0 Å². The first-order valence-electron chi connectivity index (χ1n) is 9.18. The highest BCUT2D eigenvalue weighted by Crippen LogP contribution is 2.23. The number of hydrogen-bond donors (Lipinski definition) is 3. The number of halogens is 1. The van der Waals surface area contributed by atoms with Gasteiger partial charge in [-0.1, -0.05) is 56.6 Å². The summed E-state index contributed by atoms with van der Waals surface area (Å²) in [5.74, 6) is -0.361. The molecule has 0 aliphatic carbocycles. The van der Waals surface area contributed by atoms with Crippen LogP contribution in [0.3, 0.4) is 0 Å². The van der Waals surface area contributed by atoms with E-state index in [9.17, 15) is 9.90 Å². The minimum absolute atomic E-state index is 0.0701. The summed E-state index contributed by atoms with van der Waals surface area (Å²) in [6.07, 6.45) is 2.02. The molecule has 3 rings (SSSR count). The highest BCUT2D eigenvalue weighted by Gasteiger charge is 2.19. The molecule has 3 N–H and O–H groups in total. The standard InChI is InChI=1S/C22H23ClN4O2/c1-22(2,3)20-12-18(25-26-20)21(29)27-24-13-16-11-14(8-9-19(16)28)10-15-6-4-5-7-17(15)23/h4-9,11-13,28H,10H2,1-3H3,(H,25,26)(H,27,29)/b24-13-. The summed E-state index contributed by atoms with van der Waals surface area (Å²) in [4.78, 5) is 12.2. The summed E-state index contributed by atoms with van der Waals surface area (Å²) < 4.78 is 0. The number of benzene rings is 2. The predicted octanol–water partition coefficient (Wildman–Crippen LogP) is 4.42. The zero-order valence-corrected chi connectivity index (χ0v) is 17.3. The average Bonchev–Trinajstić information content (AvgIpc) is 3.17. The lowest BCUT2D eigenvalue weighted by atomic mass is 9.92. The zero-order chi connectivity index (χ0) is 21.0. The van der Waals surface area contributed by atoms with E-state index in [2.05, 4.69) is 20.7 Å². The van der Waals surface area contributed by atoms with Gasteiger partial charge in [-0.2, -0.15) is 10.2 Å². The van der Waals surface area contributed by atoms with Crippen molar-refractivity contribution >= 4 is 23.7 Å². The van der Waals surface area contributed by atoms with Crippen molar-refractivity contribution in [2.45, 2.75) is 32.6 Å². The molecule has 6 nitrogen and oxygen atoms in total. The van der Waals surface area contributed by atoms with Gasteiger partial charge in [-0.15, -0.1) is 0 Å². The van der Waals surface area contributed by atoms with E-state index in [4.69, 9.17) is 11.6 Å². The number of aromatic amines is 1. The molecule has 0 unspecified atom stereocenters. The van der Waals surface area contributed by atoms with Crippen LogP contribution in [0.25, 0.3) is 0 Å². The van der Waals surface area contributed by atoms with Crippen molar-refractivity contribution in [2.75, 3.05) is 0 Å². The summed E-state index contributed by atoms with van der Waals surface area (Å²) in [7, 11) is 0. The van der Waals surface area contributed by atoms with Gasteiger partial charge in [-0.05, 0) is 41.8 Å². The molecule has 7 heteroatoms. The number of aromatic nitrogens is 2. The number of rotatable bonds is 5. The topological polar surface area (TPSA) is 90.4 Å². The molecule has 0 aliphatic rings. The molecule has 29 heavy (non-hydrogen) atoms. The minimum Gasteiger partial charge on any atom is -0.507 e. The Balaban J connectivity index is 1.69. The second kappa shape index (κ2) is 8.49. The fourth-order valence-corrected chi connectivity index (χ4v) is 2.92. The number of H-pyrrole nitrogens is 1. The van der Waals surface area contributed by atoms with Crippen molar-refractivity contribution in [3.8, 4) is 5.75 Å². The summed E-state index contributed by atoms with van der Waals surface area (Å²) >= 11 is 6.22. The third-order valence-corrected chi connectivity index (χ3v) is 4.80. The molecule has 0 spiro atoms. The van der Waals surface area contributed by atoms with Crippen molar-refractivity contribution in [3.05, 3.63) is 81.6 Å². The van der Waals surface area contributed by atoms with Gasteiger partial charge in [-0.3, -0.25) is 9.89 Å². The van der Waals surface area contributed by atoms with Crippen LogP contribution < -0.4 is 5.43 Å². The third kappa shape index (κ3) is 5.23.